The van der Waals surface area contributed by atoms with Crippen LogP contribution in [-0.2, 0) is 10.0 Å². The molecule has 0 aliphatic carbocycles. The lowest BCUT2D eigenvalue weighted by molar-refractivity contribution is 0.255. The van der Waals surface area contributed by atoms with E-state index in [1.165, 1.54) is 5.69 Å². The van der Waals surface area contributed by atoms with E-state index in [1.54, 1.807) is 12.1 Å². The fourth-order valence-corrected chi connectivity index (χ4v) is 5.28. The van der Waals surface area contributed by atoms with Crippen LogP contribution in [0.3, 0.4) is 0 Å². The molecule has 0 atom stereocenters. The predicted octanol–water partition coefficient (Wildman–Crippen LogP) is 3.85. The van der Waals surface area contributed by atoms with Gasteiger partial charge in [-0.2, -0.15) is 0 Å². The van der Waals surface area contributed by atoms with Crippen LogP contribution >= 0.6 is 11.6 Å². The first-order valence-corrected chi connectivity index (χ1v) is 12.6. The van der Waals surface area contributed by atoms with Crippen LogP contribution in [-0.4, -0.2) is 59.2 Å². The number of benzene rings is 2. The van der Waals surface area contributed by atoms with Gasteiger partial charge in [-0.05, 0) is 81.3 Å². The summed E-state index contributed by atoms with van der Waals surface area (Å²) in [6.45, 7) is 11.4. The number of sulfonamides is 1. The van der Waals surface area contributed by atoms with Crippen molar-refractivity contribution in [3.63, 3.8) is 0 Å². The van der Waals surface area contributed by atoms with Crippen LogP contribution in [0.5, 0.6) is 5.75 Å². The van der Waals surface area contributed by atoms with E-state index in [1.807, 2.05) is 32.9 Å². The molecule has 170 valence electrons. The van der Waals surface area contributed by atoms with E-state index in [-0.39, 0.29) is 0 Å². The SMILES string of the molecule is CCOc1c(C)cc(S(=O)(=O)NCCCN2CCN(c3ccc(Cl)cc3)CC2)cc1C. The normalized spacial score (nSPS) is 15.3. The summed E-state index contributed by atoms with van der Waals surface area (Å²) in [6.07, 6.45) is 0.773. The number of anilines is 1. The van der Waals surface area contributed by atoms with Gasteiger partial charge in [0.1, 0.15) is 5.75 Å². The quantitative estimate of drug-likeness (QED) is 0.570. The van der Waals surface area contributed by atoms with Gasteiger partial charge in [-0.1, -0.05) is 11.6 Å². The minimum Gasteiger partial charge on any atom is -0.493 e. The first-order chi connectivity index (χ1) is 14.8. The van der Waals surface area contributed by atoms with Crippen LogP contribution in [0.25, 0.3) is 0 Å². The molecule has 0 aromatic heterocycles. The highest BCUT2D eigenvalue weighted by Crippen LogP contribution is 2.27. The van der Waals surface area contributed by atoms with E-state index in [2.05, 4.69) is 26.7 Å². The average molecular weight is 466 g/mol. The van der Waals surface area contributed by atoms with Crippen molar-refractivity contribution in [1.82, 2.24) is 9.62 Å². The summed E-state index contributed by atoms with van der Waals surface area (Å²) < 4.78 is 33.8. The van der Waals surface area contributed by atoms with Crippen molar-refractivity contribution in [2.45, 2.75) is 32.1 Å². The van der Waals surface area contributed by atoms with Crippen LogP contribution in [0.15, 0.2) is 41.3 Å². The van der Waals surface area contributed by atoms with E-state index in [0.717, 1.165) is 61.0 Å². The first-order valence-electron chi connectivity index (χ1n) is 10.8. The zero-order chi connectivity index (χ0) is 22.4. The van der Waals surface area contributed by atoms with E-state index in [0.29, 0.717) is 18.0 Å². The zero-order valence-corrected chi connectivity index (χ0v) is 20.1. The molecular weight excluding hydrogens is 434 g/mol. The maximum atomic E-state index is 12.7. The summed E-state index contributed by atoms with van der Waals surface area (Å²) in [4.78, 5) is 5.03. The Bertz CT molecular complexity index is 949. The van der Waals surface area contributed by atoms with Gasteiger partial charge in [-0.15, -0.1) is 0 Å². The molecule has 8 heteroatoms. The Labute approximate surface area is 191 Å². The summed E-state index contributed by atoms with van der Waals surface area (Å²) in [7, 11) is -3.53. The van der Waals surface area contributed by atoms with Gasteiger partial charge in [0.2, 0.25) is 10.0 Å². The Morgan fingerprint density at radius 3 is 2.23 bits per heavy atom. The van der Waals surface area contributed by atoms with Crippen molar-refractivity contribution in [3.8, 4) is 5.75 Å². The minimum atomic E-state index is -3.53. The van der Waals surface area contributed by atoms with Crippen LogP contribution in [0.1, 0.15) is 24.5 Å². The number of ether oxygens (including phenoxy) is 1. The molecule has 3 rings (SSSR count). The average Bonchev–Trinajstić information content (AvgIpc) is 2.75. The molecule has 1 N–H and O–H groups in total. The first kappa shape index (κ1) is 23.9. The molecule has 1 fully saturated rings. The molecule has 0 saturated carbocycles. The monoisotopic (exact) mass is 465 g/mol. The third-order valence-corrected chi connectivity index (χ3v) is 7.23. The lowest BCUT2D eigenvalue weighted by Crippen LogP contribution is -2.47. The highest BCUT2D eigenvalue weighted by molar-refractivity contribution is 7.89. The third-order valence-electron chi connectivity index (χ3n) is 5.54. The molecule has 0 amide bonds. The lowest BCUT2D eigenvalue weighted by atomic mass is 10.1. The second kappa shape index (κ2) is 10.7. The Morgan fingerprint density at radius 1 is 1.03 bits per heavy atom. The number of hydrogen-bond donors (Lipinski definition) is 1. The summed E-state index contributed by atoms with van der Waals surface area (Å²) in [5, 5.41) is 0.750. The molecule has 0 radical (unpaired) electrons. The second-order valence-corrected chi connectivity index (χ2v) is 10.1. The molecule has 1 saturated heterocycles. The highest BCUT2D eigenvalue weighted by atomic mass is 35.5. The van der Waals surface area contributed by atoms with Crippen LogP contribution < -0.4 is 14.4 Å². The van der Waals surface area contributed by atoms with Crippen molar-refractivity contribution in [3.05, 3.63) is 52.5 Å². The molecule has 2 aromatic carbocycles. The number of rotatable bonds is 9. The van der Waals surface area contributed by atoms with Gasteiger partial charge in [0.15, 0.2) is 0 Å². The van der Waals surface area contributed by atoms with Crippen molar-refractivity contribution < 1.29 is 13.2 Å². The number of nitrogens with zero attached hydrogens (tertiary/aromatic N) is 2. The fourth-order valence-electron chi connectivity index (χ4n) is 3.91. The molecule has 1 aliphatic rings. The number of aryl methyl sites for hydroxylation is 2. The molecular formula is C23H32ClN3O3S. The topological polar surface area (TPSA) is 61.9 Å². The smallest absolute Gasteiger partial charge is 0.240 e. The predicted molar refractivity (Wildman–Crippen MR) is 127 cm³/mol. The van der Waals surface area contributed by atoms with Crippen LogP contribution in [0.2, 0.25) is 5.02 Å². The molecule has 0 spiro atoms. The summed E-state index contributed by atoms with van der Waals surface area (Å²) >= 11 is 5.97. The number of nitrogens with one attached hydrogen (secondary N) is 1. The van der Waals surface area contributed by atoms with E-state index in [4.69, 9.17) is 16.3 Å². The standard InChI is InChI=1S/C23H32ClN3O3S/c1-4-30-23-18(2)16-22(17-19(23)3)31(28,29)25-10-5-11-26-12-14-27(15-13-26)21-8-6-20(24)7-9-21/h6-9,16-17,25H,4-5,10-15H2,1-3H3. The molecule has 31 heavy (non-hydrogen) atoms. The third kappa shape index (κ3) is 6.35. The van der Waals surface area contributed by atoms with Crippen molar-refractivity contribution in [1.29, 1.82) is 0 Å². The number of hydrogen-bond acceptors (Lipinski definition) is 5. The van der Waals surface area contributed by atoms with Gasteiger partial charge in [0, 0.05) is 43.4 Å². The van der Waals surface area contributed by atoms with Gasteiger partial charge in [-0.3, -0.25) is 4.90 Å². The largest absolute Gasteiger partial charge is 0.493 e. The Balaban J connectivity index is 1.45. The van der Waals surface area contributed by atoms with E-state index < -0.39 is 10.0 Å². The van der Waals surface area contributed by atoms with E-state index >= 15 is 0 Å². The van der Waals surface area contributed by atoms with Gasteiger partial charge >= 0.3 is 0 Å². The van der Waals surface area contributed by atoms with Crippen LogP contribution in [0.4, 0.5) is 5.69 Å². The van der Waals surface area contributed by atoms with Crippen molar-refractivity contribution in [2.75, 3.05) is 50.8 Å². The summed E-state index contributed by atoms with van der Waals surface area (Å²) in [6, 6.07) is 11.3. The molecule has 1 heterocycles. The highest BCUT2D eigenvalue weighted by Gasteiger charge is 2.19. The maximum Gasteiger partial charge on any atom is 0.240 e. The molecule has 6 nitrogen and oxygen atoms in total. The molecule has 1 aliphatic heterocycles. The molecule has 2 aromatic rings. The Morgan fingerprint density at radius 2 is 1.65 bits per heavy atom. The van der Waals surface area contributed by atoms with Crippen molar-refractivity contribution in [2.24, 2.45) is 0 Å². The van der Waals surface area contributed by atoms with Crippen molar-refractivity contribution >= 4 is 27.3 Å². The fraction of sp³-hybridized carbons (Fsp3) is 0.478. The molecule has 0 bridgehead atoms. The Kier molecular flexibility index (Phi) is 8.22. The second-order valence-electron chi connectivity index (χ2n) is 7.88. The van der Waals surface area contributed by atoms with E-state index in [9.17, 15) is 8.42 Å². The lowest BCUT2D eigenvalue weighted by Gasteiger charge is -2.36. The number of piperazine rings is 1. The summed E-state index contributed by atoms with van der Waals surface area (Å²) in [5.74, 6) is 0.763. The molecule has 0 unspecified atom stereocenters. The van der Waals surface area contributed by atoms with Gasteiger partial charge < -0.3 is 9.64 Å². The zero-order valence-electron chi connectivity index (χ0n) is 18.5. The van der Waals surface area contributed by atoms with Crippen LogP contribution in [0, 0.1) is 13.8 Å². The minimum absolute atomic E-state index is 0.294. The van der Waals surface area contributed by atoms with Gasteiger partial charge in [0.05, 0.1) is 11.5 Å². The number of halogens is 1. The summed E-state index contributed by atoms with van der Waals surface area (Å²) in [5.41, 5.74) is 2.86. The Hall–Kier alpha value is -1.80. The van der Waals surface area contributed by atoms with Gasteiger partial charge in [0.25, 0.3) is 0 Å². The van der Waals surface area contributed by atoms with Gasteiger partial charge in [-0.25, -0.2) is 13.1 Å². The maximum absolute atomic E-state index is 12.7.